The van der Waals surface area contributed by atoms with Gasteiger partial charge in [-0.2, -0.15) is 0 Å². The average molecular weight is 314 g/mol. The number of carbonyl (C=O) groups is 1. The van der Waals surface area contributed by atoms with Crippen molar-refractivity contribution < 1.29 is 14.6 Å². The van der Waals surface area contributed by atoms with Crippen LogP contribution >= 0.6 is 0 Å². The number of ether oxygens (including phenoxy) is 1. The second-order valence-corrected chi connectivity index (χ2v) is 6.74. The highest BCUT2D eigenvalue weighted by Gasteiger charge is 2.29. The van der Waals surface area contributed by atoms with Gasteiger partial charge in [-0.25, -0.2) is 0 Å². The highest BCUT2D eigenvalue weighted by atomic mass is 16.5. The standard InChI is InChI=1S/C17H34N2O3/c1-5-17(4,14(3)20)13-18-15-7-10-19(11-8-15)12-9-16(21)22-6-2/h14-15,18,20H,5-13H2,1-4H3/t14-,17-/m0/s1. The Labute approximate surface area is 135 Å². The number of nitrogens with one attached hydrogen (secondary N) is 1. The van der Waals surface area contributed by atoms with E-state index >= 15 is 0 Å². The molecule has 0 radical (unpaired) electrons. The second-order valence-electron chi connectivity index (χ2n) is 6.74. The van der Waals surface area contributed by atoms with E-state index in [1.807, 2.05) is 13.8 Å². The largest absolute Gasteiger partial charge is 0.466 e. The number of rotatable bonds is 9. The van der Waals surface area contributed by atoms with Gasteiger partial charge < -0.3 is 20.1 Å². The van der Waals surface area contributed by atoms with Crippen LogP contribution < -0.4 is 5.32 Å². The number of piperidine rings is 1. The minimum absolute atomic E-state index is 0.0545. The quantitative estimate of drug-likeness (QED) is 0.635. The van der Waals surface area contributed by atoms with Gasteiger partial charge in [-0.1, -0.05) is 13.8 Å². The van der Waals surface area contributed by atoms with Crippen molar-refractivity contribution in [2.24, 2.45) is 5.41 Å². The Morgan fingerprint density at radius 3 is 2.55 bits per heavy atom. The number of aliphatic hydroxyl groups is 1. The number of esters is 1. The Balaban J connectivity index is 2.24. The SMILES string of the molecule is CCOC(=O)CCN1CCC(NC[C@](C)(CC)[C@H](C)O)CC1. The van der Waals surface area contributed by atoms with Gasteiger partial charge in [-0.05, 0) is 46.2 Å². The first-order chi connectivity index (χ1) is 10.4. The highest BCUT2D eigenvalue weighted by Crippen LogP contribution is 2.25. The van der Waals surface area contributed by atoms with Crippen molar-refractivity contribution in [2.75, 3.05) is 32.8 Å². The normalized spacial score (nSPS) is 21.3. The summed E-state index contributed by atoms with van der Waals surface area (Å²) in [4.78, 5) is 13.7. The molecule has 1 heterocycles. The molecule has 5 nitrogen and oxygen atoms in total. The van der Waals surface area contributed by atoms with Crippen molar-refractivity contribution in [3.05, 3.63) is 0 Å². The van der Waals surface area contributed by atoms with Gasteiger partial charge in [0.05, 0.1) is 19.1 Å². The fourth-order valence-electron chi connectivity index (χ4n) is 2.79. The molecule has 5 heteroatoms. The predicted octanol–water partition coefficient (Wildman–Crippen LogP) is 1.79. The van der Waals surface area contributed by atoms with Crippen molar-refractivity contribution in [1.29, 1.82) is 0 Å². The number of aliphatic hydroxyl groups excluding tert-OH is 1. The predicted molar refractivity (Wildman–Crippen MR) is 88.8 cm³/mol. The summed E-state index contributed by atoms with van der Waals surface area (Å²) in [5, 5.41) is 13.5. The number of hydrogen-bond donors (Lipinski definition) is 2. The number of carbonyl (C=O) groups excluding carboxylic acids is 1. The number of hydrogen-bond acceptors (Lipinski definition) is 5. The minimum Gasteiger partial charge on any atom is -0.466 e. The van der Waals surface area contributed by atoms with Crippen molar-refractivity contribution >= 4 is 5.97 Å². The van der Waals surface area contributed by atoms with Gasteiger partial charge in [0.1, 0.15) is 0 Å². The molecule has 0 spiro atoms. The molecule has 0 aromatic rings. The molecule has 2 N–H and O–H groups in total. The molecule has 0 unspecified atom stereocenters. The molecule has 0 aromatic carbocycles. The van der Waals surface area contributed by atoms with E-state index in [0.29, 0.717) is 19.1 Å². The molecule has 0 bridgehead atoms. The van der Waals surface area contributed by atoms with Crippen LogP contribution in [-0.2, 0) is 9.53 Å². The van der Waals surface area contributed by atoms with Gasteiger partial charge in [-0.15, -0.1) is 0 Å². The summed E-state index contributed by atoms with van der Waals surface area (Å²) < 4.78 is 4.96. The summed E-state index contributed by atoms with van der Waals surface area (Å²) in [5.74, 6) is -0.0987. The molecule has 0 saturated carbocycles. The van der Waals surface area contributed by atoms with Gasteiger partial charge in [0.15, 0.2) is 0 Å². The van der Waals surface area contributed by atoms with Gasteiger partial charge in [0, 0.05) is 24.5 Å². The van der Waals surface area contributed by atoms with Crippen molar-refractivity contribution in [3.63, 3.8) is 0 Å². The number of nitrogens with zero attached hydrogens (tertiary/aromatic N) is 1. The van der Waals surface area contributed by atoms with Crippen LogP contribution in [0.15, 0.2) is 0 Å². The lowest BCUT2D eigenvalue weighted by molar-refractivity contribution is -0.143. The molecule has 0 aromatic heterocycles. The van der Waals surface area contributed by atoms with Crippen molar-refractivity contribution in [3.8, 4) is 0 Å². The third kappa shape index (κ3) is 6.23. The lowest BCUT2D eigenvalue weighted by Gasteiger charge is -2.37. The molecular weight excluding hydrogens is 280 g/mol. The monoisotopic (exact) mass is 314 g/mol. The maximum Gasteiger partial charge on any atom is 0.307 e. The molecular formula is C17H34N2O3. The summed E-state index contributed by atoms with van der Waals surface area (Å²) in [7, 11) is 0. The molecule has 0 amide bonds. The first-order valence-electron chi connectivity index (χ1n) is 8.70. The summed E-state index contributed by atoms with van der Waals surface area (Å²) in [6.07, 6.45) is 3.36. The van der Waals surface area contributed by atoms with E-state index in [1.165, 1.54) is 0 Å². The Hall–Kier alpha value is -0.650. The van der Waals surface area contributed by atoms with E-state index in [0.717, 1.165) is 45.4 Å². The third-order valence-corrected chi connectivity index (χ3v) is 5.14. The Kier molecular flexibility index (Phi) is 8.36. The number of likely N-dealkylation sites (tertiary alicyclic amines) is 1. The molecule has 130 valence electrons. The zero-order valence-electron chi connectivity index (χ0n) is 14.7. The zero-order valence-corrected chi connectivity index (χ0v) is 14.7. The van der Waals surface area contributed by atoms with Gasteiger partial charge in [0.2, 0.25) is 0 Å². The zero-order chi connectivity index (χ0) is 16.6. The van der Waals surface area contributed by atoms with Crippen LogP contribution in [0.25, 0.3) is 0 Å². The molecule has 1 saturated heterocycles. The van der Waals surface area contributed by atoms with Crippen molar-refractivity contribution in [1.82, 2.24) is 10.2 Å². The van der Waals surface area contributed by atoms with Crippen LogP contribution in [0.2, 0.25) is 0 Å². The van der Waals surface area contributed by atoms with E-state index < -0.39 is 0 Å². The fourth-order valence-corrected chi connectivity index (χ4v) is 2.79. The maximum atomic E-state index is 11.4. The van der Waals surface area contributed by atoms with E-state index in [2.05, 4.69) is 24.1 Å². The van der Waals surface area contributed by atoms with Gasteiger partial charge in [0.25, 0.3) is 0 Å². The molecule has 1 aliphatic rings. The lowest BCUT2D eigenvalue weighted by atomic mass is 9.82. The molecule has 2 atom stereocenters. The van der Waals surface area contributed by atoms with Crippen LogP contribution in [0.1, 0.15) is 53.4 Å². The van der Waals surface area contributed by atoms with E-state index in [1.54, 1.807) is 0 Å². The topological polar surface area (TPSA) is 61.8 Å². The summed E-state index contributed by atoms with van der Waals surface area (Å²) in [5.41, 5.74) is -0.0545. The van der Waals surface area contributed by atoms with Crippen LogP contribution in [0.4, 0.5) is 0 Å². The Bertz CT molecular complexity index is 328. The van der Waals surface area contributed by atoms with Crippen LogP contribution in [0.5, 0.6) is 0 Å². The second kappa shape index (κ2) is 9.48. The summed E-state index contributed by atoms with van der Waals surface area (Å²) >= 11 is 0. The molecule has 1 aliphatic heterocycles. The van der Waals surface area contributed by atoms with Crippen molar-refractivity contribution in [2.45, 2.75) is 65.5 Å². The minimum atomic E-state index is -0.297. The lowest BCUT2D eigenvalue weighted by Crippen LogP contribution is -2.48. The summed E-state index contributed by atoms with van der Waals surface area (Å²) in [6, 6.07) is 0.517. The average Bonchev–Trinajstić information content (AvgIpc) is 2.51. The fraction of sp³-hybridized carbons (Fsp3) is 0.941. The van der Waals surface area contributed by atoms with Gasteiger partial charge in [-0.3, -0.25) is 4.79 Å². The van der Waals surface area contributed by atoms with E-state index in [-0.39, 0.29) is 17.5 Å². The highest BCUT2D eigenvalue weighted by molar-refractivity contribution is 5.69. The van der Waals surface area contributed by atoms with E-state index in [4.69, 9.17) is 4.74 Å². The Morgan fingerprint density at radius 2 is 2.05 bits per heavy atom. The molecule has 1 fully saturated rings. The van der Waals surface area contributed by atoms with Crippen LogP contribution in [0, 0.1) is 5.41 Å². The molecule has 22 heavy (non-hydrogen) atoms. The molecule has 0 aliphatic carbocycles. The van der Waals surface area contributed by atoms with Crippen LogP contribution in [-0.4, -0.2) is 60.9 Å². The summed E-state index contributed by atoms with van der Waals surface area (Å²) in [6.45, 7) is 12.1. The molecule has 1 rings (SSSR count). The van der Waals surface area contributed by atoms with Gasteiger partial charge >= 0.3 is 5.97 Å². The van der Waals surface area contributed by atoms with E-state index in [9.17, 15) is 9.90 Å². The Morgan fingerprint density at radius 1 is 1.41 bits per heavy atom. The first kappa shape index (κ1) is 19.4. The third-order valence-electron chi connectivity index (χ3n) is 5.14. The smallest absolute Gasteiger partial charge is 0.307 e. The van der Waals surface area contributed by atoms with Crippen LogP contribution in [0.3, 0.4) is 0 Å². The maximum absolute atomic E-state index is 11.4. The first-order valence-corrected chi connectivity index (χ1v) is 8.70.